The Morgan fingerprint density at radius 1 is 0.839 bits per heavy atom. The van der Waals surface area contributed by atoms with Crippen LogP contribution in [0.25, 0.3) is 0 Å². The third kappa shape index (κ3) is 5.05. The molecule has 1 aromatic carbocycles. The van der Waals surface area contributed by atoms with Crippen molar-refractivity contribution in [1.29, 1.82) is 0 Å². The highest BCUT2D eigenvalue weighted by Gasteiger charge is 2.47. The molecular formula is C25H33FN2O3. The Balaban J connectivity index is 1.13. The third-order valence-corrected chi connectivity index (χ3v) is 7.38. The van der Waals surface area contributed by atoms with E-state index in [9.17, 15) is 18.8 Å². The van der Waals surface area contributed by atoms with Crippen molar-refractivity contribution in [3.05, 3.63) is 35.6 Å². The number of carbonyl (C=O) groups excluding carboxylic acids is 3. The van der Waals surface area contributed by atoms with Crippen molar-refractivity contribution < 1.29 is 18.8 Å². The van der Waals surface area contributed by atoms with E-state index in [2.05, 4.69) is 4.90 Å². The molecular weight excluding hydrogens is 395 g/mol. The molecule has 1 saturated carbocycles. The van der Waals surface area contributed by atoms with Crippen molar-refractivity contribution in [2.45, 2.75) is 57.8 Å². The van der Waals surface area contributed by atoms with Crippen LogP contribution in [0, 0.1) is 23.6 Å². The van der Waals surface area contributed by atoms with Crippen molar-refractivity contribution >= 4 is 17.6 Å². The molecule has 2 saturated heterocycles. The fourth-order valence-electron chi connectivity index (χ4n) is 5.50. The molecule has 1 aliphatic carbocycles. The molecule has 3 aliphatic rings. The van der Waals surface area contributed by atoms with E-state index in [1.54, 1.807) is 12.1 Å². The number of amides is 2. The summed E-state index contributed by atoms with van der Waals surface area (Å²) in [4.78, 5) is 41.6. The third-order valence-electron chi connectivity index (χ3n) is 7.38. The number of likely N-dealkylation sites (tertiary alicyclic amines) is 2. The van der Waals surface area contributed by atoms with Gasteiger partial charge in [0.25, 0.3) is 0 Å². The average molecular weight is 429 g/mol. The van der Waals surface area contributed by atoms with Crippen molar-refractivity contribution in [3.8, 4) is 0 Å². The van der Waals surface area contributed by atoms with Crippen LogP contribution in [-0.4, -0.2) is 53.6 Å². The number of hydrogen-bond donors (Lipinski definition) is 0. The van der Waals surface area contributed by atoms with Crippen LogP contribution >= 0.6 is 0 Å². The van der Waals surface area contributed by atoms with Crippen LogP contribution in [0.15, 0.2) is 24.3 Å². The summed E-state index contributed by atoms with van der Waals surface area (Å²) < 4.78 is 13.1. The number of nitrogens with zero attached hydrogens (tertiary/aromatic N) is 2. The van der Waals surface area contributed by atoms with Gasteiger partial charge in [-0.25, -0.2) is 4.39 Å². The molecule has 2 unspecified atom stereocenters. The maximum absolute atomic E-state index is 13.1. The van der Waals surface area contributed by atoms with E-state index in [-0.39, 0.29) is 41.2 Å². The Morgan fingerprint density at radius 3 is 2.03 bits per heavy atom. The van der Waals surface area contributed by atoms with Gasteiger partial charge in [-0.1, -0.05) is 19.3 Å². The molecule has 31 heavy (non-hydrogen) atoms. The molecule has 2 aliphatic heterocycles. The van der Waals surface area contributed by atoms with Crippen molar-refractivity contribution in [1.82, 2.24) is 9.80 Å². The highest BCUT2D eigenvalue weighted by Crippen LogP contribution is 2.38. The zero-order valence-electron chi connectivity index (χ0n) is 18.2. The molecule has 1 aromatic rings. The van der Waals surface area contributed by atoms with Gasteiger partial charge in [0, 0.05) is 18.0 Å². The standard InChI is InChI=1S/C25H33FN2O3/c26-20-10-8-18(9-11-20)23(29)19-12-16-27(17-13-19)14-4-1-5-15-28-24(30)21-6-2-3-7-22(21)25(28)31/h8-11,19,21-22H,1-7,12-17H2. The predicted octanol–water partition coefficient (Wildman–Crippen LogP) is 4.07. The van der Waals surface area contributed by atoms with Crippen LogP contribution in [0.2, 0.25) is 0 Å². The minimum atomic E-state index is -0.316. The summed E-state index contributed by atoms with van der Waals surface area (Å²) in [7, 11) is 0. The first-order valence-corrected chi connectivity index (χ1v) is 11.9. The van der Waals surface area contributed by atoms with E-state index >= 15 is 0 Å². The fraction of sp³-hybridized carbons (Fsp3) is 0.640. The van der Waals surface area contributed by atoms with Gasteiger partial charge in [0.15, 0.2) is 5.78 Å². The lowest BCUT2D eigenvalue weighted by molar-refractivity contribution is -0.140. The van der Waals surface area contributed by atoms with Gasteiger partial charge >= 0.3 is 0 Å². The Kier molecular flexibility index (Phi) is 7.16. The maximum atomic E-state index is 13.1. The van der Waals surface area contributed by atoms with Crippen LogP contribution in [-0.2, 0) is 9.59 Å². The van der Waals surface area contributed by atoms with Crippen molar-refractivity contribution in [3.63, 3.8) is 0 Å². The van der Waals surface area contributed by atoms with Gasteiger partial charge < -0.3 is 4.90 Å². The summed E-state index contributed by atoms with van der Waals surface area (Å²) in [6.07, 6.45) is 8.50. The molecule has 0 bridgehead atoms. The molecule has 2 atom stereocenters. The van der Waals surface area contributed by atoms with Crippen LogP contribution < -0.4 is 0 Å². The van der Waals surface area contributed by atoms with Crippen LogP contribution in [0.4, 0.5) is 4.39 Å². The molecule has 0 aromatic heterocycles. The summed E-state index contributed by atoms with van der Waals surface area (Å²) >= 11 is 0. The van der Waals surface area contributed by atoms with Crippen LogP contribution in [0.5, 0.6) is 0 Å². The summed E-state index contributed by atoms with van der Waals surface area (Å²) in [5.74, 6) is -0.105. The molecule has 0 N–H and O–H groups in total. The highest BCUT2D eigenvalue weighted by atomic mass is 19.1. The number of fused-ring (bicyclic) bond motifs is 1. The van der Waals surface area contributed by atoms with Crippen LogP contribution in [0.3, 0.4) is 0 Å². The minimum absolute atomic E-state index is 0.0254. The lowest BCUT2D eigenvalue weighted by Gasteiger charge is -2.31. The molecule has 5 nitrogen and oxygen atoms in total. The van der Waals surface area contributed by atoms with Gasteiger partial charge in [-0.15, -0.1) is 0 Å². The van der Waals surface area contributed by atoms with Gasteiger partial charge in [0.05, 0.1) is 11.8 Å². The first-order valence-electron chi connectivity index (χ1n) is 11.9. The lowest BCUT2D eigenvalue weighted by atomic mass is 9.81. The highest BCUT2D eigenvalue weighted by molar-refractivity contribution is 6.05. The quantitative estimate of drug-likeness (QED) is 0.356. The molecule has 2 amide bonds. The summed E-state index contributed by atoms with van der Waals surface area (Å²) in [5, 5.41) is 0. The van der Waals surface area contributed by atoms with Crippen LogP contribution in [0.1, 0.15) is 68.1 Å². The summed E-state index contributed by atoms with van der Waals surface area (Å²) in [5.41, 5.74) is 0.603. The molecule has 6 heteroatoms. The largest absolute Gasteiger partial charge is 0.303 e. The SMILES string of the molecule is O=C(c1ccc(F)cc1)C1CCN(CCCCCN2C(=O)C3CCCCC3C2=O)CC1. The molecule has 0 radical (unpaired) electrons. The van der Waals surface area contributed by atoms with Crippen molar-refractivity contribution in [2.24, 2.45) is 17.8 Å². The van der Waals surface area contributed by atoms with Gasteiger partial charge in [-0.3, -0.25) is 19.3 Å². The number of halogens is 1. The number of piperidine rings is 1. The zero-order chi connectivity index (χ0) is 21.8. The molecule has 3 fully saturated rings. The Hall–Kier alpha value is -2.08. The van der Waals surface area contributed by atoms with Gasteiger partial charge in [0.1, 0.15) is 5.82 Å². The topological polar surface area (TPSA) is 57.7 Å². The predicted molar refractivity (Wildman–Crippen MR) is 116 cm³/mol. The Bertz CT molecular complexity index is 777. The molecule has 0 spiro atoms. The first kappa shape index (κ1) is 22.1. The van der Waals surface area contributed by atoms with E-state index in [4.69, 9.17) is 0 Å². The Morgan fingerprint density at radius 2 is 1.42 bits per heavy atom. The second-order valence-corrected chi connectivity index (χ2v) is 9.37. The van der Waals surface area contributed by atoms with Gasteiger partial charge in [0.2, 0.25) is 11.8 Å². The number of rotatable bonds is 8. The Labute approximate surface area is 184 Å². The molecule has 2 heterocycles. The van der Waals surface area contributed by atoms with E-state index in [1.807, 2.05) is 0 Å². The second kappa shape index (κ2) is 10.0. The van der Waals surface area contributed by atoms with Gasteiger partial charge in [-0.05, 0) is 82.4 Å². The van der Waals surface area contributed by atoms with Gasteiger partial charge in [-0.2, -0.15) is 0 Å². The van der Waals surface area contributed by atoms with Crippen molar-refractivity contribution in [2.75, 3.05) is 26.2 Å². The van der Waals surface area contributed by atoms with E-state index in [0.717, 1.165) is 77.4 Å². The summed E-state index contributed by atoms with van der Waals surface area (Å²) in [6.45, 7) is 3.37. The zero-order valence-corrected chi connectivity index (χ0v) is 18.2. The monoisotopic (exact) mass is 428 g/mol. The number of benzene rings is 1. The number of Topliss-reactive ketones (excluding diaryl/α,β-unsaturated/α-hetero) is 1. The number of unbranched alkanes of at least 4 members (excludes halogenated alkanes) is 2. The first-order chi connectivity index (χ1) is 15.0. The fourth-order valence-corrected chi connectivity index (χ4v) is 5.50. The molecule has 168 valence electrons. The number of imide groups is 1. The average Bonchev–Trinajstić information content (AvgIpc) is 3.04. The smallest absolute Gasteiger partial charge is 0.233 e. The summed E-state index contributed by atoms with van der Waals surface area (Å²) in [6, 6.07) is 5.85. The minimum Gasteiger partial charge on any atom is -0.303 e. The number of ketones is 1. The number of hydrogen-bond acceptors (Lipinski definition) is 4. The second-order valence-electron chi connectivity index (χ2n) is 9.37. The molecule has 4 rings (SSSR count). The normalized spacial score (nSPS) is 25.1. The number of carbonyl (C=O) groups is 3. The maximum Gasteiger partial charge on any atom is 0.233 e. The van der Waals surface area contributed by atoms with E-state index in [1.165, 1.54) is 17.0 Å². The van der Waals surface area contributed by atoms with E-state index in [0.29, 0.717) is 12.1 Å². The lowest BCUT2D eigenvalue weighted by Crippen LogP contribution is -2.37. The van der Waals surface area contributed by atoms with E-state index < -0.39 is 0 Å².